The molecule has 18 heavy (non-hydrogen) atoms. The Morgan fingerprint density at radius 1 is 1.33 bits per heavy atom. The molecule has 0 atom stereocenters. The molecule has 0 spiro atoms. The van der Waals surface area contributed by atoms with Gasteiger partial charge in [-0.3, -0.25) is 0 Å². The first-order valence-corrected chi connectivity index (χ1v) is 7.15. The number of morpholine rings is 1. The van der Waals surface area contributed by atoms with Crippen molar-refractivity contribution >= 4 is 10.0 Å². The van der Waals surface area contributed by atoms with Crippen molar-refractivity contribution in [3.63, 3.8) is 0 Å². The van der Waals surface area contributed by atoms with Gasteiger partial charge in [-0.2, -0.15) is 0 Å². The molecule has 2 N–H and O–H groups in total. The predicted octanol–water partition coefficient (Wildman–Crippen LogP) is -0.296. The molecule has 6 nitrogen and oxygen atoms in total. The van der Waals surface area contributed by atoms with Crippen LogP contribution in [0.25, 0.3) is 0 Å². The number of aliphatic hydroxyl groups is 1. The minimum absolute atomic E-state index is 0.153. The van der Waals surface area contributed by atoms with E-state index in [2.05, 4.69) is 4.83 Å². The molecule has 1 aromatic rings. The van der Waals surface area contributed by atoms with Crippen LogP contribution in [0.15, 0.2) is 29.2 Å². The van der Waals surface area contributed by atoms with E-state index in [1.54, 1.807) is 17.1 Å². The Labute approximate surface area is 106 Å². The molecule has 0 amide bonds. The van der Waals surface area contributed by atoms with Crippen molar-refractivity contribution in [1.82, 2.24) is 9.84 Å². The van der Waals surface area contributed by atoms with Gasteiger partial charge in [0, 0.05) is 13.1 Å². The first-order chi connectivity index (χ1) is 8.62. The summed E-state index contributed by atoms with van der Waals surface area (Å²) >= 11 is 0. The SMILES string of the molecule is O=S(=O)(NN1CCOCC1)c1cccc(CO)c1. The van der Waals surface area contributed by atoms with Crippen LogP contribution in [0.3, 0.4) is 0 Å². The van der Waals surface area contributed by atoms with E-state index in [0.717, 1.165) is 0 Å². The Morgan fingerprint density at radius 3 is 2.72 bits per heavy atom. The van der Waals surface area contributed by atoms with Crippen LogP contribution >= 0.6 is 0 Å². The van der Waals surface area contributed by atoms with Gasteiger partial charge in [0.15, 0.2) is 0 Å². The first-order valence-electron chi connectivity index (χ1n) is 5.67. The largest absolute Gasteiger partial charge is 0.392 e. The third-order valence-electron chi connectivity index (χ3n) is 2.65. The van der Waals surface area contributed by atoms with Gasteiger partial charge in [-0.25, -0.2) is 13.4 Å². The molecule has 1 fully saturated rings. The number of hydrazine groups is 1. The maximum absolute atomic E-state index is 12.1. The van der Waals surface area contributed by atoms with E-state index in [1.807, 2.05) is 0 Å². The van der Waals surface area contributed by atoms with Crippen molar-refractivity contribution in [2.75, 3.05) is 26.3 Å². The van der Waals surface area contributed by atoms with Crippen molar-refractivity contribution in [3.8, 4) is 0 Å². The zero-order valence-corrected chi connectivity index (χ0v) is 10.7. The van der Waals surface area contributed by atoms with Crippen LogP contribution < -0.4 is 4.83 Å². The summed E-state index contributed by atoms with van der Waals surface area (Å²) in [5.74, 6) is 0. The lowest BCUT2D eigenvalue weighted by atomic mass is 10.2. The summed E-state index contributed by atoms with van der Waals surface area (Å²) in [6.45, 7) is 1.90. The second-order valence-corrected chi connectivity index (χ2v) is 5.66. The van der Waals surface area contributed by atoms with Gasteiger partial charge >= 0.3 is 0 Å². The average molecular weight is 272 g/mol. The van der Waals surface area contributed by atoms with Gasteiger partial charge in [-0.15, -0.1) is 4.83 Å². The number of nitrogens with one attached hydrogen (secondary N) is 1. The van der Waals surface area contributed by atoms with Crippen LogP contribution in [0.1, 0.15) is 5.56 Å². The normalized spacial score (nSPS) is 17.8. The van der Waals surface area contributed by atoms with E-state index in [4.69, 9.17) is 9.84 Å². The molecule has 7 heteroatoms. The lowest BCUT2D eigenvalue weighted by Crippen LogP contribution is -2.48. The number of ether oxygens (including phenoxy) is 1. The second-order valence-electron chi connectivity index (χ2n) is 4.00. The van der Waals surface area contributed by atoms with E-state index < -0.39 is 10.0 Å². The molecule has 1 aromatic carbocycles. The highest BCUT2D eigenvalue weighted by molar-refractivity contribution is 7.89. The smallest absolute Gasteiger partial charge is 0.253 e. The van der Waals surface area contributed by atoms with Crippen molar-refractivity contribution in [1.29, 1.82) is 0 Å². The zero-order chi connectivity index (χ0) is 13.0. The fourth-order valence-corrected chi connectivity index (χ4v) is 2.88. The molecular formula is C11H16N2O4S. The third kappa shape index (κ3) is 3.27. The maximum atomic E-state index is 12.1. The Bertz CT molecular complexity index is 498. The van der Waals surface area contributed by atoms with Crippen molar-refractivity contribution in [2.24, 2.45) is 0 Å². The summed E-state index contributed by atoms with van der Waals surface area (Å²) in [6.07, 6.45) is 0. The quantitative estimate of drug-likeness (QED) is 0.787. The summed E-state index contributed by atoms with van der Waals surface area (Å²) in [5, 5.41) is 10.6. The summed E-state index contributed by atoms with van der Waals surface area (Å²) < 4.78 is 29.3. The minimum atomic E-state index is -3.58. The molecule has 100 valence electrons. The van der Waals surface area contributed by atoms with E-state index in [0.29, 0.717) is 31.9 Å². The van der Waals surface area contributed by atoms with Crippen LogP contribution in [0, 0.1) is 0 Å². The van der Waals surface area contributed by atoms with Gasteiger partial charge < -0.3 is 9.84 Å². The van der Waals surface area contributed by atoms with Gasteiger partial charge in [0.1, 0.15) is 0 Å². The molecule has 1 aliphatic heterocycles. The fourth-order valence-electron chi connectivity index (χ4n) is 1.69. The molecule has 0 unspecified atom stereocenters. The van der Waals surface area contributed by atoms with Crippen molar-refractivity contribution in [2.45, 2.75) is 11.5 Å². The lowest BCUT2D eigenvalue weighted by Gasteiger charge is -2.26. The van der Waals surface area contributed by atoms with E-state index in [1.165, 1.54) is 12.1 Å². The van der Waals surface area contributed by atoms with Crippen LogP contribution in [0.4, 0.5) is 0 Å². The van der Waals surface area contributed by atoms with E-state index in [-0.39, 0.29) is 11.5 Å². The van der Waals surface area contributed by atoms with Crippen LogP contribution in [0.5, 0.6) is 0 Å². The number of hydrogen-bond donors (Lipinski definition) is 2. The summed E-state index contributed by atoms with van der Waals surface area (Å²) in [5.41, 5.74) is 0.569. The van der Waals surface area contributed by atoms with Crippen LogP contribution in [0.2, 0.25) is 0 Å². The highest BCUT2D eigenvalue weighted by atomic mass is 32.2. The molecule has 1 aliphatic rings. The maximum Gasteiger partial charge on any atom is 0.253 e. The van der Waals surface area contributed by atoms with E-state index >= 15 is 0 Å². The number of hydrogen-bond acceptors (Lipinski definition) is 5. The highest BCUT2D eigenvalue weighted by Gasteiger charge is 2.20. The summed E-state index contributed by atoms with van der Waals surface area (Å²) in [6, 6.07) is 6.25. The highest BCUT2D eigenvalue weighted by Crippen LogP contribution is 2.12. The van der Waals surface area contributed by atoms with Crippen molar-refractivity contribution < 1.29 is 18.3 Å². The Hall–Kier alpha value is -0.990. The minimum Gasteiger partial charge on any atom is -0.392 e. The average Bonchev–Trinajstić information content (AvgIpc) is 2.39. The van der Waals surface area contributed by atoms with E-state index in [9.17, 15) is 8.42 Å². The number of nitrogens with zero attached hydrogens (tertiary/aromatic N) is 1. The standard InChI is InChI=1S/C11H16N2O4S/c14-9-10-2-1-3-11(8-10)18(15,16)12-13-4-6-17-7-5-13/h1-3,8,12,14H,4-7,9H2. The molecule has 1 saturated heterocycles. The van der Waals surface area contributed by atoms with Crippen molar-refractivity contribution in [3.05, 3.63) is 29.8 Å². The summed E-state index contributed by atoms with van der Waals surface area (Å²) in [7, 11) is -3.58. The topological polar surface area (TPSA) is 78.9 Å². The van der Waals surface area contributed by atoms with Crippen LogP contribution in [-0.2, 0) is 21.4 Å². The number of benzene rings is 1. The molecular weight excluding hydrogens is 256 g/mol. The Morgan fingerprint density at radius 2 is 2.06 bits per heavy atom. The third-order valence-corrected chi connectivity index (χ3v) is 4.02. The molecule has 0 saturated carbocycles. The lowest BCUT2D eigenvalue weighted by molar-refractivity contribution is 0.0272. The first kappa shape index (κ1) is 13.4. The van der Waals surface area contributed by atoms with Gasteiger partial charge in [-0.05, 0) is 17.7 Å². The molecule has 0 radical (unpaired) electrons. The number of rotatable bonds is 4. The number of aliphatic hydroxyl groups excluding tert-OH is 1. The monoisotopic (exact) mass is 272 g/mol. The van der Waals surface area contributed by atoms with Gasteiger partial charge in [0.05, 0.1) is 24.7 Å². The second kappa shape index (κ2) is 5.77. The summed E-state index contributed by atoms with van der Waals surface area (Å²) in [4.78, 5) is 2.66. The molecule has 0 bridgehead atoms. The van der Waals surface area contributed by atoms with Gasteiger partial charge in [0.25, 0.3) is 10.0 Å². The predicted molar refractivity (Wildman–Crippen MR) is 65.1 cm³/mol. The zero-order valence-electron chi connectivity index (χ0n) is 9.87. The number of sulfonamides is 1. The van der Waals surface area contributed by atoms with Gasteiger partial charge in [-0.1, -0.05) is 12.1 Å². The molecule has 2 rings (SSSR count). The Kier molecular flexibility index (Phi) is 4.31. The Balaban J connectivity index is 2.13. The molecule has 0 aromatic heterocycles. The fraction of sp³-hybridized carbons (Fsp3) is 0.455. The van der Waals surface area contributed by atoms with Gasteiger partial charge in [0.2, 0.25) is 0 Å². The molecule has 1 heterocycles. The molecule has 0 aliphatic carbocycles. The van der Waals surface area contributed by atoms with Crippen LogP contribution in [-0.4, -0.2) is 44.8 Å².